The molecule has 48 nitrogen and oxygen atoms in total. The summed E-state index contributed by atoms with van der Waals surface area (Å²) in [5, 5.41) is 265. The minimum Gasteiger partial charge on any atom is -0.394 e. The van der Waals surface area contributed by atoms with Gasteiger partial charge in [0, 0.05) is 27.7 Å². The van der Waals surface area contributed by atoms with Crippen LogP contribution in [0.5, 0.6) is 0 Å². The van der Waals surface area contributed by atoms with Crippen LogP contribution >= 0.6 is 0 Å². The molecule has 0 aromatic rings. The van der Waals surface area contributed by atoms with Crippen molar-refractivity contribution in [3.63, 3.8) is 0 Å². The van der Waals surface area contributed by atoms with Gasteiger partial charge in [-0.3, -0.25) is 19.2 Å². The predicted octanol–water partition coefficient (Wildman–Crippen LogP) is -18.0. The van der Waals surface area contributed by atoms with Crippen LogP contribution in [-0.2, 0) is 99.7 Å². The predicted molar refractivity (Wildman–Crippen MR) is 341 cm³/mol. The van der Waals surface area contributed by atoms with Gasteiger partial charge in [-0.25, -0.2) is 0 Å². The van der Waals surface area contributed by atoms with Gasteiger partial charge in [-0.2, -0.15) is 0 Å². The van der Waals surface area contributed by atoms with Gasteiger partial charge in [0.2, 0.25) is 23.6 Å². The number of ether oxygens (including phenoxy) is 17. The zero-order chi connectivity index (χ0) is 81.1. The Kier molecular flexibility index (Phi) is 32.0. The van der Waals surface area contributed by atoms with Gasteiger partial charge in [0.1, 0.15) is 207 Å². The first-order valence-electron chi connectivity index (χ1n) is 35.3. The van der Waals surface area contributed by atoms with Crippen molar-refractivity contribution in [2.24, 2.45) is 0 Å². The lowest BCUT2D eigenvalue weighted by Crippen LogP contribution is -2.71. The Bertz CT molecular complexity index is 2940. The molecule has 0 spiro atoms. The molecule has 0 unspecified atom stereocenters. The van der Waals surface area contributed by atoms with Crippen LogP contribution in [-0.4, -0.2) is 463 Å². The lowest BCUT2D eigenvalue weighted by atomic mass is 9.93. The Hall–Kier alpha value is -3.72. The zero-order valence-electron chi connectivity index (χ0n) is 59.8. The molecule has 4 amide bonds. The maximum absolute atomic E-state index is 13.2. The fraction of sp³-hybridized carbons (Fsp3) is 0.935. The van der Waals surface area contributed by atoms with Crippen molar-refractivity contribution in [1.29, 1.82) is 0 Å². The molecule has 0 saturated carbocycles. The fourth-order valence-electron chi connectivity index (χ4n) is 14.2. The second kappa shape index (κ2) is 39.0. The molecule has 636 valence electrons. The van der Waals surface area contributed by atoms with Gasteiger partial charge in [-0.15, -0.1) is 0 Å². The van der Waals surface area contributed by atoms with E-state index >= 15 is 0 Å². The normalized spacial score (nSPS) is 49.6. The number of rotatable bonds is 27. The number of carbonyl (C=O) groups excluding carboxylic acids is 4. The topological polar surface area (TPSA) is 739 Å². The maximum Gasteiger partial charge on any atom is 0.217 e. The Labute approximate surface area is 624 Å². The second-order valence-corrected chi connectivity index (χ2v) is 28.2. The maximum atomic E-state index is 13.2. The van der Waals surface area contributed by atoms with Crippen molar-refractivity contribution in [2.75, 3.05) is 46.2 Å². The van der Waals surface area contributed by atoms with Gasteiger partial charge in [-0.1, -0.05) is 0 Å². The minimum atomic E-state index is -2.50. The summed E-state index contributed by atoms with van der Waals surface area (Å²) in [7, 11) is 0. The number of nitrogens with one attached hydrogen (secondary N) is 4. The second-order valence-electron chi connectivity index (χ2n) is 28.2. The summed E-state index contributed by atoms with van der Waals surface area (Å²) in [5.41, 5.74) is 0. The first-order chi connectivity index (χ1) is 51.9. The van der Waals surface area contributed by atoms with Gasteiger partial charge in [0.25, 0.3) is 0 Å². The number of hydrogen-bond acceptors (Lipinski definition) is 44. The standard InChI is InChI=1S/C62H104N4O44/c1-14-31(76)41(86)45(90)58(96-14)109-52-43(88)34(79)21(8-68)100-61(52)105-48-23(10-70)102-56(28(39(48)84)64-17(4)73)95-13-26-37(82)51(47(92)60(104-26)107-50-30(66-19(6)75)54(93)98-25(36(50)81)12-94-55-27(63-16(3)72)38(83)33(78)20(7-67)99-55)108-57-29(65-18(5)74)40(85)49(24(11-71)103-57)106-62-53(44(89)35(80)22(9-69)101-62)110-59-46(91)42(87)32(77)15(2)97-59/h14-15,20-62,67-71,76-93H,7-13H2,1-6H3,(H,63,72)(H,64,73)(H,65,74)(H,66,75)/t14-,15-,20+,21+,22+,23+,24+,25+,26+,27+,28+,29+,30+,31+,32+,33+,34-,35-,36-,37-,38+,39+,40+,41+,42+,43-,44-,45-,46-,47+,48+,49+,50+,51-,52+,53+,54-,55+,56+,57-,58-,59-,60-,61-,62-/m0/s1. The SMILES string of the molecule is CC(=O)N[C@@H]1[C@@H](O[C@@H]2O[C@H](CO[C@@H]3O[C@H](CO)[C@@H](O[C@@H]4O[C@H](CO)[C@H](O)[C@H](O)[C@H]4O[C@@H]4O[C@@H](C)[C@@H](O)[C@@H](O)[C@@H]4O)[C@H](O)[C@H]3NC(C)=O)[C@H](O)[C@H](O[C@@H]3O[C@H](CO)[C@@H](O[C@@H]4O[C@H](CO)[C@H](O)[C@H](O)[C@H]4O[C@@H]4O[C@@H](C)[C@@H](O)[C@@H](O)[C@@H]4O)[C@H](O)[C@H]3NC(C)=O)[C@H]2O)[C@@H](O)[C@@H](CO[C@@H]2O[C@H](CO)[C@@H](O)[C@H](O)[C@H]2NC(C)=O)O[C@@H]1O. The highest BCUT2D eigenvalue weighted by molar-refractivity contribution is 5.74. The number of hydrogen-bond donors (Lipinski definition) is 27. The van der Waals surface area contributed by atoms with E-state index in [4.69, 9.17) is 80.5 Å². The molecule has 48 heteroatoms. The molecule has 110 heavy (non-hydrogen) atoms. The average Bonchev–Trinajstić information content (AvgIpc) is 0.769. The van der Waals surface area contributed by atoms with Crippen LogP contribution in [0.3, 0.4) is 0 Å². The summed E-state index contributed by atoms with van der Waals surface area (Å²) in [6, 6.07) is -7.36. The molecule has 45 atom stereocenters. The van der Waals surface area contributed by atoms with E-state index in [1.165, 1.54) is 13.8 Å². The van der Waals surface area contributed by atoms with Crippen LogP contribution < -0.4 is 21.3 Å². The Morgan fingerprint density at radius 3 is 0.964 bits per heavy atom. The molecule has 9 rings (SSSR count). The molecule has 0 radical (unpaired) electrons. The summed E-state index contributed by atoms with van der Waals surface area (Å²) in [4.78, 5) is 51.4. The van der Waals surface area contributed by atoms with Crippen molar-refractivity contribution in [2.45, 2.75) is 318 Å². The van der Waals surface area contributed by atoms with E-state index in [1.54, 1.807) is 0 Å². The van der Waals surface area contributed by atoms with E-state index in [0.29, 0.717) is 0 Å². The van der Waals surface area contributed by atoms with Crippen molar-refractivity contribution >= 4 is 23.6 Å². The molecular formula is C62H104N4O44. The molecule has 9 fully saturated rings. The Balaban J connectivity index is 1.03. The molecule has 0 bridgehead atoms. The van der Waals surface area contributed by atoms with Crippen LogP contribution in [0.4, 0.5) is 0 Å². The highest BCUT2D eigenvalue weighted by Crippen LogP contribution is 2.39. The molecular weight excluding hydrogens is 1500 g/mol. The third kappa shape index (κ3) is 19.9. The van der Waals surface area contributed by atoms with Crippen LogP contribution in [0.15, 0.2) is 0 Å². The smallest absolute Gasteiger partial charge is 0.217 e. The largest absolute Gasteiger partial charge is 0.394 e. The first kappa shape index (κ1) is 90.2. The Morgan fingerprint density at radius 2 is 0.555 bits per heavy atom. The zero-order valence-corrected chi connectivity index (χ0v) is 59.8. The van der Waals surface area contributed by atoms with E-state index in [2.05, 4.69) is 21.3 Å². The molecule has 27 N–H and O–H groups in total. The molecule has 9 heterocycles. The van der Waals surface area contributed by atoms with Gasteiger partial charge < -0.3 is 219 Å². The number of aliphatic hydroxyl groups excluding tert-OH is 23. The van der Waals surface area contributed by atoms with E-state index in [1.807, 2.05) is 0 Å². The summed E-state index contributed by atoms with van der Waals surface area (Å²) in [5.74, 6) is -3.59. The molecule has 9 saturated heterocycles. The van der Waals surface area contributed by atoms with Crippen LogP contribution in [0.25, 0.3) is 0 Å². The van der Waals surface area contributed by atoms with E-state index < -0.39 is 346 Å². The van der Waals surface area contributed by atoms with Gasteiger partial charge in [-0.05, 0) is 13.8 Å². The monoisotopic (exact) mass is 1610 g/mol. The van der Waals surface area contributed by atoms with Crippen molar-refractivity contribution in [3.05, 3.63) is 0 Å². The van der Waals surface area contributed by atoms with Gasteiger partial charge >= 0.3 is 0 Å². The van der Waals surface area contributed by atoms with Crippen molar-refractivity contribution in [3.8, 4) is 0 Å². The first-order valence-corrected chi connectivity index (χ1v) is 35.3. The Morgan fingerprint density at radius 1 is 0.255 bits per heavy atom. The summed E-state index contributed by atoms with van der Waals surface area (Å²) in [6.07, 6.45) is -80.7. The van der Waals surface area contributed by atoms with Gasteiger partial charge in [0.15, 0.2) is 56.6 Å². The summed E-state index contributed by atoms with van der Waals surface area (Å²) >= 11 is 0. The molecule has 9 aliphatic rings. The molecule has 0 aliphatic carbocycles. The quantitative estimate of drug-likeness (QED) is 0.0363. The van der Waals surface area contributed by atoms with E-state index in [9.17, 15) is 137 Å². The third-order valence-corrected chi connectivity index (χ3v) is 20.3. The van der Waals surface area contributed by atoms with Crippen molar-refractivity contribution < 1.29 is 217 Å². The van der Waals surface area contributed by atoms with Crippen LogP contribution in [0.2, 0.25) is 0 Å². The average molecular weight is 1610 g/mol. The van der Waals surface area contributed by atoms with Crippen LogP contribution in [0.1, 0.15) is 41.5 Å². The van der Waals surface area contributed by atoms with Crippen molar-refractivity contribution in [1.82, 2.24) is 21.3 Å². The fourth-order valence-corrected chi connectivity index (χ4v) is 14.2. The minimum absolute atomic E-state index is 0.767. The highest BCUT2D eigenvalue weighted by atomic mass is 16.8. The molecule has 0 aromatic heterocycles. The summed E-state index contributed by atoms with van der Waals surface area (Å²) < 4.78 is 101. The molecule has 9 aliphatic heterocycles. The lowest BCUT2D eigenvalue weighted by molar-refractivity contribution is -0.392. The number of carbonyl (C=O) groups is 4. The van der Waals surface area contributed by atoms with Crippen LogP contribution in [0, 0.1) is 0 Å². The third-order valence-electron chi connectivity index (χ3n) is 20.3. The van der Waals surface area contributed by atoms with E-state index in [-0.39, 0.29) is 0 Å². The van der Waals surface area contributed by atoms with E-state index in [0.717, 1.165) is 27.7 Å². The number of aliphatic hydroxyl groups is 23. The number of amides is 4. The van der Waals surface area contributed by atoms with Gasteiger partial charge in [0.05, 0.1) is 58.5 Å². The summed E-state index contributed by atoms with van der Waals surface area (Å²) in [6.45, 7) is -0.813. The highest BCUT2D eigenvalue weighted by Gasteiger charge is 2.60. The lowest BCUT2D eigenvalue weighted by Gasteiger charge is -2.51. The molecule has 0 aromatic carbocycles.